The highest BCUT2D eigenvalue weighted by atomic mass is 32.2. The first-order chi connectivity index (χ1) is 14.3. The van der Waals surface area contributed by atoms with Crippen molar-refractivity contribution >= 4 is 33.4 Å². The van der Waals surface area contributed by atoms with Gasteiger partial charge in [-0.3, -0.25) is 0 Å². The summed E-state index contributed by atoms with van der Waals surface area (Å²) in [4.78, 5) is 24.7. The van der Waals surface area contributed by atoms with Crippen molar-refractivity contribution in [3.05, 3.63) is 65.5 Å². The van der Waals surface area contributed by atoms with E-state index in [9.17, 15) is 13.2 Å². The minimum Gasteiger partial charge on any atom is -0.454 e. The summed E-state index contributed by atoms with van der Waals surface area (Å²) in [5.41, 5.74) is 7.90. The molecule has 3 aromatic rings. The number of aromatic nitrogens is 3. The smallest absolute Gasteiger partial charge is 0.338 e. The first kappa shape index (κ1) is 21.2. The Kier molecular flexibility index (Phi) is 6.26. The number of nitrogens with two attached hydrogens (primary N) is 1. The lowest BCUT2D eigenvalue weighted by atomic mass is 10.1. The van der Waals surface area contributed by atoms with Gasteiger partial charge in [0.15, 0.2) is 22.3 Å². The largest absolute Gasteiger partial charge is 0.454 e. The highest BCUT2D eigenvalue weighted by Gasteiger charge is 2.13. The highest BCUT2D eigenvalue weighted by Crippen LogP contribution is 2.19. The number of hydrogen-bond acceptors (Lipinski definition) is 9. The molecule has 0 spiro atoms. The van der Waals surface area contributed by atoms with Gasteiger partial charge in [0.05, 0.1) is 10.5 Å². The monoisotopic (exact) mass is 427 g/mol. The minimum atomic E-state index is -3.34. The SMILES string of the molecule is CCc1ccccc1Nc1nc(N)nc(COC(=O)c2ccc(S(C)(=O)=O)cc2)n1. The summed E-state index contributed by atoms with van der Waals surface area (Å²) < 4.78 is 28.2. The van der Waals surface area contributed by atoms with Crippen LogP contribution >= 0.6 is 0 Å². The first-order valence-electron chi connectivity index (χ1n) is 9.09. The van der Waals surface area contributed by atoms with Crippen LogP contribution in [0.25, 0.3) is 0 Å². The van der Waals surface area contributed by atoms with E-state index >= 15 is 0 Å². The molecule has 0 bridgehead atoms. The summed E-state index contributed by atoms with van der Waals surface area (Å²) in [6.07, 6.45) is 1.92. The number of rotatable bonds is 7. The molecule has 1 aromatic heterocycles. The van der Waals surface area contributed by atoms with Gasteiger partial charge in [-0.2, -0.15) is 15.0 Å². The third-order valence-electron chi connectivity index (χ3n) is 4.19. The van der Waals surface area contributed by atoms with Crippen molar-refractivity contribution in [2.24, 2.45) is 0 Å². The van der Waals surface area contributed by atoms with Gasteiger partial charge in [0, 0.05) is 11.9 Å². The molecule has 3 N–H and O–H groups in total. The molecule has 156 valence electrons. The Morgan fingerprint density at radius 3 is 2.43 bits per heavy atom. The van der Waals surface area contributed by atoms with Crippen molar-refractivity contribution in [1.82, 2.24) is 15.0 Å². The van der Waals surface area contributed by atoms with Crippen molar-refractivity contribution < 1.29 is 17.9 Å². The summed E-state index contributed by atoms with van der Waals surface area (Å²) in [6.45, 7) is 1.82. The molecular formula is C20H21N5O4S. The Morgan fingerprint density at radius 1 is 1.07 bits per heavy atom. The van der Waals surface area contributed by atoms with Crippen molar-refractivity contribution in [2.75, 3.05) is 17.3 Å². The first-order valence-corrected chi connectivity index (χ1v) is 11.0. The molecule has 0 saturated carbocycles. The van der Waals surface area contributed by atoms with Gasteiger partial charge in [-0.25, -0.2) is 13.2 Å². The zero-order valence-corrected chi connectivity index (χ0v) is 17.3. The van der Waals surface area contributed by atoms with Gasteiger partial charge >= 0.3 is 5.97 Å². The van der Waals surface area contributed by atoms with Crippen LogP contribution in [0.4, 0.5) is 17.6 Å². The number of carbonyl (C=O) groups excluding carboxylic acids is 1. The fraction of sp³-hybridized carbons (Fsp3) is 0.200. The normalized spacial score (nSPS) is 11.1. The van der Waals surface area contributed by atoms with Gasteiger partial charge in [0.1, 0.15) is 0 Å². The van der Waals surface area contributed by atoms with Crippen LogP contribution < -0.4 is 11.1 Å². The summed E-state index contributed by atoms with van der Waals surface area (Å²) >= 11 is 0. The molecule has 10 heteroatoms. The molecule has 30 heavy (non-hydrogen) atoms. The lowest BCUT2D eigenvalue weighted by molar-refractivity contribution is 0.0462. The van der Waals surface area contributed by atoms with Gasteiger partial charge in [-0.15, -0.1) is 0 Å². The zero-order valence-electron chi connectivity index (χ0n) is 16.5. The van der Waals surface area contributed by atoms with E-state index in [2.05, 4.69) is 20.3 Å². The highest BCUT2D eigenvalue weighted by molar-refractivity contribution is 7.90. The topological polar surface area (TPSA) is 137 Å². The molecule has 1 heterocycles. The number of nitrogen functional groups attached to an aromatic ring is 1. The van der Waals surface area contributed by atoms with E-state index in [0.717, 1.165) is 23.9 Å². The Balaban J connectivity index is 1.70. The summed E-state index contributed by atoms with van der Waals surface area (Å²) in [5.74, 6) is -0.225. The molecule has 0 atom stereocenters. The number of sulfone groups is 1. The van der Waals surface area contributed by atoms with E-state index in [1.54, 1.807) is 0 Å². The fourth-order valence-electron chi connectivity index (χ4n) is 2.68. The Morgan fingerprint density at radius 2 is 1.77 bits per heavy atom. The van der Waals surface area contributed by atoms with Crippen molar-refractivity contribution in [2.45, 2.75) is 24.8 Å². The predicted octanol–water partition coefficient (Wildman–Crippen LogP) is 2.52. The molecule has 0 aliphatic carbocycles. The van der Waals surface area contributed by atoms with Crippen LogP contribution in [0, 0.1) is 0 Å². The fourth-order valence-corrected chi connectivity index (χ4v) is 3.31. The van der Waals surface area contributed by atoms with Crippen molar-refractivity contribution in [1.29, 1.82) is 0 Å². The van der Waals surface area contributed by atoms with Gasteiger partial charge in [0.2, 0.25) is 11.9 Å². The molecule has 0 amide bonds. The summed E-state index contributed by atoms with van der Waals surface area (Å²) in [6, 6.07) is 13.2. The van der Waals surface area contributed by atoms with Crippen LogP contribution in [0.15, 0.2) is 53.4 Å². The van der Waals surface area contributed by atoms with E-state index in [-0.39, 0.29) is 34.8 Å². The van der Waals surface area contributed by atoms with Crippen LogP contribution in [-0.2, 0) is 27.6 Å². The van der Waals surface area contributed by atoms with Crippen molar-refractivity contribution in [3.8, 4) is 0 Å². The maximum atomic E-state index is 12.2. The van der Waals surface area contributed by atoms with E-state index in [1.807, 2.05) is 31.2 Å². The summed E-state index contributed by atoms with van der Waals surface area (Å²) in [7, 11) is -3.34. The molecule has 0 aliphatic heterocycles. The molecule has 0 aliphatic rings. The zero-order chi connectivity index (χ0) is 21.7. The van der Waals surface area contributed by atoms with Crippen LogP contribution in [0.2, 0.25) is 0 Å². The Hall–Kier alpha value is -3.53. The standard InChI is InChI=1S/C20H21N5O4S/c1-3-13-6-4-5-7-16(13)22-20-24-17(23-19(21)25-20)12-29-18(26)14-8-10-15(11-9-14)30(2,27)28/h4-11H,3,12H2,1-2H3,(H3,21,22,23,24,25). The Bertz CT molecular complexity index is 1160. The van der Waals surface area contributed by atoms with Gasteiger partial charge in [-0.1, -0.05) is 25.1 Å². The maximum Gasteiger partial charge on any atom is 0.338 e. The quantitative estimate of drug-likeness (QED) is 0.545. The lowest BCUT2D eigenvalue weighted by Gasteiger charge is -2.11. The second kappa shape index (κ2) is 8.87. The molecule has 2 aromatic carbocycles. The third kappa shape index (κ3) is 5.29. The number of hydrogen-bond donors (Lipinski definition) is 2. The van der Waals surface area contributed by atoms with Crippen LogP contribution in [0.3, 0.4) is 0 Å². The van der Waals surface area contributed by atoms with Crippen LogP contribution in [-0.4, -0.2) is 35.6 Å². The average molecular weight is 427 g/mol. The number of ether oxygens (including phenoxy) is 1. The second-order valence-corrected chi connectivity index (χ2v) is 8.46. The number of para-hydroxylation sites is 1. The summed E-state index contributed by atoms with van der Waals surface area (Å²) in [5, 5.41) is 3.10. The van der Waals surface area contributed by atoms with E-state index in [1.165, 1.54) is 24.3 Å². The number of benzene rings is 2. The molecular weight excluding hydrogens is 406 g/mol. The number of aryl methyl sites for hydroxylation is 1. The second-order valence-electron chi connectivity index (χ2n) is 6.44. The minimum absolute atomic E-state index is 0.00923. The molecule has 0 fully saturated rings. The average Bonchev–Trinajstić information content (AvgIpc) is 2.71. The Labute approximate surface area is 174 Å². The number of nitrogens with one attached hydrogen (secondary N) is 1. The molecule has 0 unspecified atom stereocenters. The van der Waals surface area contributed by atoms with Gasteiger partial charge in [-0.05, 0) is 42.3 Å². The third-order valence-corrected chi connectivity index (χ3v) is 5.32. The molecule has 9 nitrogen and oxygen atoms in total. The predicted molar refractivity (Wildman–Crippen MR) is 112 cm³/mol. The van der Waals surface area contributed by atoms with E-state index < -0.39 is 15.8 Å². The van der Waals surface area contributed by atoms with E-state index in [4.69, 9.17) is 10.5 Å². The van der Waals surface area contributed by atoms with Crippen LogP contribution in [0.1, 0.15) is 28.7 Å². The number of anilines is 3. The maximum absolute atomic E-state index is 12.2. The van der Waals surface area contributed by atoms with Gasteiger partial charge < -0.3 is 15.8 Å². The van der Waals surface area contributed by atoms with E-state index in [0.29, 0.717) is 0 Å². The van der Waals surface area contributed by atoms with Crippen molar-refractivity contribution in [3.63, 3.8) is 0 Å². The molecule has 0 saturated heterocycles. The lowest BCUT2D eigenvalue weighted by Crippen LogP contribution is -2.11. The number of esters is 1. The number of nitrogens with zero attached hydrogens (tertiary/aromatic N) is 3. The number of carbonyl (C=O) groups is 1. The van der Waals surface area contributed by atoms with Crippen LogP contribution in [0.5, 0.6) is 0 Å². The molecule has 0 radical (unpaired) electrons. The molecule has 3 rings (SSSR count). The van der Waals surface area contributed by atoms with Gasteiger partial charge in [0.25, 0.3) is 0 Å².